The predicted molar refractivity (Wildman–Crippen MR) is 102 cm³/mol. The number of hydrogen-bond donors (Lipinski definition) is 5. The maximum absolute atomic E-state index is 11.7. The molecule has 0 unspecified atom stereocenters. The highest BCUT2D eigenvalue weighted by molar-refractivity contribution is 7.82. The molecule has 25 heavy (non-hydrogen) atoms. The molecule has 0 radical (unpaired) electrons. The number of carboxylic acid groups (broad SMARTS) is 1. The number of amides is 2. The number of thiol groups is 1. The highest BCUT2D eigenvalue weighted by Gasteiger charge is 2.21. The third-order valence-electron chi connectivity index (χ3n) is 3.06. The summed E-state index contributed by atoms with van der Waals surface area (Å²) in [7, 11) is 0. The summed E-state index contributed by atoms with van der Waals surface area (Å²) in [4.78, 5) is 34.3. The maximum atomic E-state index is 11.7. The Kier molecular flexibility index (Phi) is 7.85. The lowest BCUT2D eigenvalue weighted by molar-refractivity contribution is -0.135. The minimum atomic E-state index is -1.11. The van der Waals surface area contributed by atoms with Gasteiger partial charge in [-0.25, -0.2) is 0 Å². The molecule has 1 aromatic carbocycles. The van der Waals surface area contributed by atoms with E-state index in [2.05, 4.69) is 28.6 Å². The molecule has 7 nitrogen and oxygen atoms in total. The monoisotopic (exact) mass is 383 g/mol. The smallest absolute Gasteiger partial charge is 0.322 e. The van der Waals surface area contributed by atoms with Gasteiger partial charge >= 0.3 is 5.97 Å². The number of rotatable bonds is 8. The van der Waals surface area contributed by atoms with Gasteiger partial charge in [-0.1, -0.05) is 24.4 Å². The van der Waals surface area contributed by atoms with E-state index in [1.54, 1.807) is 38.1 Å². The Hall–Kier alpha value is -2.13. The lowest BCUT2D eigenvalue weighted by Crippen LogP contribution is -2.41. The van der Waals surface area contributed by atoms with Gasteiger partial charge in [-0.2, -0.15) is 12.6 Å². The van der Waals surface area contributed by atoms with Crippen LogP contribution in [0, 0.1) is 0 Å². The largest absolute Gasteiger partial charge is 0.480 e. The summed E-state index contributed by atoms with van der Waals surface area (Å²) >= 11 is 9.43. The maximum Gasteiger partial charge on any atom is 0.322 e. The van der Waals surface area contributed by atoms with Crippen molar-refractivity contribution in [3.05, 3.63) is 35.4 Å². The number of nitrogens with one attached hydrogen (secondary N) is 3. The first-order valence-electron chi connectivity index (χ1n) is 7.50. The summed E-state index contributed by atoms with van der Waals surface area (Å²) in [5.41, 5.74) is 1.06. The van der Waals surface area contributed by atoms with Crippen LogP contribution >= 0.6 is 24.8 Å². The highest BCUT2D eigenvalue weighted by Crippen LogP contribution is 2.10. The molecule has 0 bridgehead atoms. The number of hydrogen-bond acceptors (Lipinski definition) is 5. The van der Waals surface area contributed by atoms with Crippen molar-refractivity contribution in [2.75, 3.05) is 19.6 Å². The van der Waals surface area contributed by atoms with Gasteiger partial charge in [0.2, 0.25) is 5.91 Å². The fraction of sp³-hybridized carbons (Fsp3) is 0.375. The molecule has 0 fully saturated rings. The number of carboxylic acids is 1. The van der Waals surface area contributed by atoms with Crippen molar-refractivity contribution in [1.82, 2.24) is 16.0 Å². The standard InChI is InChI=1S/C16H21N3O4S2/c1-16(2,25)15(23)18-8-7-17-14(24)11-5-3-10(4-6-11)13(22)19-9-12(20)21/h3-6,25H,7-9H2,1-2H3,(H,17,24)(H,18,23)(H,19,22)(H,20,21). The van der Waals surface area contributed by atoms with E-state index >= 15 is 0 Å². The van der Waals surface area contributed by atoms with Gasteiger partial charge < -0.3 is 21.1 Å². The summed E-state index contributed by atoms with van der Waals surface area (Å²) in [6.07, 6.45) is 0. The highest BCUT2D eigenvalue weighted by atomic mass is 32.1. The minimum absolute atomic E-state index is 0.166. The van der Waals surface area contributed by atoms with Crippen molar-refractivity contribution in [1.29, 1.82) is 0 Å². The average Bonchev–Trinajstić information content (AvgIpc) is 2.55. The van der Waals surface area contributed by atoms with E-state index < -0.39 is 23.2 Å². The third kappa shape index (κ3) is 7.53. The zero-order valence-corrected chi connectivity index (χ0v) is 15.7. The summed E-state index contributed by atoms with van der Waals surface area (Å²) < 4.78 is -0.739. The molecule has 9 heteroatoms. The van der Waals surface area contributed by atoms with Crippen LogP contribution in [-0.4, -0.2) is 52.3 Å². The van der Waals surface area contributed by atoms with Crippen molar-refractivity contribution >= 4 is 47.6 Å². The van der Waals surface area contributed by atoms with Gasteiger partial charge in [0.25, 0.3) is 5.91 Å². The van der Waals surface area contributed by atoms with Crippen LogP contribution in [0.25, 0.3) is 0 Å². The SMILES string of the molecule is CC(C)(S)C(=O)NCCNC(=S)c1ccc(C(=O)NCC(=O)O)cc1. The van der Waals surface area contributed by atoms with E-state index in [0.29, 0.717) is 29.2 Å². The second-order valence-corrected chi connectivity index (χ2v) is 7.25. The topological polar surface area (TPSA) is 108 Å². The van der Waals surface area contributed by atoms with Gasteiger partial charge in [0.15, 0.2) is 0 Å². The lowest BCUT2D eigenvalue weighted by Gasteiger charge is -2.17. The van der Waals surface area contributed by atoms with Crippen LogP contribution in [0.5, 0.6) is 0 Å². The van der Waals surface area contributed by atoms with Crippen LogP contribution in [-0.2, 0) is 9.59 Å². The Morgan fingerprint density at radius 2 is 1.56 bits per heavy atom. The summed E-state index contributed by atoms with van der Waals surface area (Å²) in [5, 5.41) is 16.6. The molecule has 0 saturated heterocycles. The Bertz CT molecular complexity index is 654. The van der Waals surface area contributed by atoms with E-state index in [1.165, 1.54) is 0 Å². The van der Waals surface area contributed by atoms with Crippen LogP contribution in [0.1, 0.15) is 29.8 Å². The fourth-order valence-corrected chi connectivity index (χ4v) is 2.02. The molecule has 0 aliphatic rings. The molecule has 0 spiro atoms. The first kappa shape index (κ1) is 20.9. The van der Waals surface area contributed by atoms with Crippen molar-refractivity contribution < 1.29 is 19.5 Å². The van der Waals surface area contributed by atoms with Crippen LogP contribution in [0.2, 0.25) is 0 Å². The third-order valence-corrected chi connectivity index (χ3v) is 3.64. The predicted octanol–water partition coefficient (Wildman–Crippen LogP) is 0.591. The summed E-state index contributed by atoms with van der Waals surface area (Å²) in [6.45, 7) is 3.83. The molecule has 0 heterocycles. The summed E-state index contributed by atoms with van der Waals surface area (Å²) in [6, 6.07) is 6.46. The van der Waals surface area contributed by atoms with Gasteiger partial charge in [-0.15, -0.1) is 0 Å². The second kappa shape index (κ2) is 9.38. The van der Waals surface area contributed by atoms with Crippen LogP contribution in [0.3, 0.4) is 0 Å². The van der Waals surface area contributed by atoms with Crippen molar-refractivity contribution in [3.8, 4) is 0 Å². The van der Waals surface area contributed by atoms with Crippen molar-refractivity contribution in [3.63, 3.8) is 0 Å². The molecule has 0 aliphatic heterocycles. The Balaban J connectivity index is 2.45. The van der Waals surface area contributed by atoms with E-state index in [4.69, 9.17) is 17.3 Å². The normalized spacial score (nSPS) is 10.7. The quantitative estimate of drug-likeness (QED) is 0.256. The van der Waals surface area contributed by atoms with E-state index in [0.717, 1.165) is 0 Å². The number of benzene rings is 1. The number of carbonyl (C=O) groups excluding carboxylic acids is 2. The second-order valence-electron chi connectivity index (χ2n) is 5.72. The van der Waals surface area contributed by atoms with Crippen molar-refractivity contribution in [2.45, 2.75) is 18.6 Å². The number of carbonyl (C=O) groups is 3. The molecular formula is C16H21N3O4S2. The molecule has 0 saturated carbocycles. The Morgan fingerprint density at radius 3 is 2.08 bits per heavy atom. The average molecular weight is 383 g/mol. The van der Waals surface area contributed by atoms with Gasteiger partial charge in [-0.3, -0.25) is 14.4 Å². The molecule has 0 aromatic heterocycles. The number of aliphatic carboxylic acids is 1. The fourth-order valence-electron chi connectivity index (χ4n) is 1.70. The first-order chi connectivity index (χ1) is 11.6. The molecule has 0 atom stereocenters. The molecule has 136 valence electrons. The first-order valence-corrected chi connectivity index (χ1v) is 8.35. The Labute approximate surface area is 157 Å². The van der Waals surface area contributed by atoms with Gasteiger partial charge in [0.05, 0.1) is 4.75 Å². The Morgan fingerprint density at radius 1 is 1.04 bits per heavy atom. The molecule has 2 amide bonds. The molecule has 0 aliphatic carbocycles. The van der Waals surface area contributed by atoms with Crippen LogP contribution < -0.4 is 16.0 Å². The minimum Gasteiger partial charge on any atom is -0.480 e. The molecule has 1 aromatic rings. The van der Waals surface area contributed by atoms with E-state index in [9.17, 15) is 14.4 Å². The molecule has 1 rings (SSSR count). The molecule has 4 N–H and O–H groups in total. The van der Waals surface area contributed by atoms with E-state index in [1.807, 2.05) is 0 Å². The lowest BCUT2D eigenvalue weighted by atomic mass is 10.1. The van der Waals surface area contributed by atoms with Gasteiger partial charge in [0, 0.05) is 24.2 Å². The van der Waals surface area contributed by atoms with Gasteiger partial charge in [-0.05, 0) is 26.0 Å². The summed E-state index contributed by atoms with van der Waals surface area (Å²) in [5.74, 6) is -1.74. The molecular weight excluding hydrogens is 362 g/mol. The number of thiocarbonyl (C=S) groups is 1. The van der Waals surface area contributed by atoms with E-state index in [-0.39, 0.29) is 5.91 Å². The van der Waals surface area contributed by atoms with Crippen molar-refractivity contribution in [2.24, 2.45) is 0 Å². The zero-order chi connectivity index (χ0) is 19.0. The van der Waals surface area contributed by atoms with Gasteiger partial charge in [0.1, 0.15) is 11.5 Å². The van der Waals surface area contributed by atoms with Crippen LogP contribution in [0.4, 0.5) is 0 Å². The van der Waals surface area contributed by atoms with Crippen LogP contribution in [0.15, 0.2) is 24.3 Å². The zero-order valence-electron chi connectivity index (χ0n) is 14.0.